The fourth-order valence-electron chi connectivity index (χ4n) is 2.95. The second-order valence-corrected chi connectivity index (χ2v) is 6.42. The van der Waals surface area contributed by atoms with Gasteiger partial charge in [0, 0.05) is 6.42 Å². The molecule has 0 fully saturated rings. The van der Waals surface area contributed by atoms with Crippen molar-refractivity contribution in [1.82, 2.24) is 0 Å². The van der Waals surface area contributed by atoms with Crippen LogP contribution in [0.15, 0.2) is 72.8 Å². The van der Waals surface area contributed by atoms with Crippen molar-refractivity contribution >= 4 is 11.8 Å². The van der Waals surface area contributed by atoms with E-state index in [0.29, 0.717) is 6.42 Å². The molecule has 3 rings (SSSR count). The molecule has 130 valence electrons. The number of carboxylic acids is 1. The summed E-state index contributed by atoms with van der Waals surface area (Å²) in [5.41, 5.74) is 6.19. The molecule has 0 atom stereocenters. The molecule has 0 aliphatic heterocycles. The lowest BCUT2D eigenvalue weighted by atomic mass is 9.98. The maximum absolute atomic E-state index is 11.2. The Balaban J connectivity index is 1.75. The maximum Gasteiger partial charge on any atom is 0.307 e. The highest BCUT2D eigenvalue weighted by atomic mass is 16.4. The first-order valence-electron chi connectivity index (χ1n) is 8.51. The van der Waals surface area contributed by atoms with E-state index in [1.54, 1.807) is 6.92 Å². The number of Topliss-reactive ketones (excluding diaryl/α,β-unsaturated/α-hetero) is 1. The molecule has 3 nitrogen and oxygen atoms in total. The number of carbonyl (C=O) groups excluding carboxylic acids is 1. The van der Waals surface area contributed by atoms with Gasteiger partial charge in [0.2, 0.25) is 0 Å². The van der Waals surface area contributed by atoms with Crippen molar-refractivity contribution in [2.24, 2.45) is 0 Å². The largest absolute Gasteiger partial charge is 0.481 e. The molecule has 0 heterocycles. The number of hydrogen-bond donors (Lipinski definition) is 1. The van der Waals surface area contributed by atoms with E-state index in [1.807, 2.05) is 48.5 Å². The van der Waals surface area contributed by atoms with Gasteiger partial charge < -0.3 is 5.11 Å². The second kappa shape index (κ2) is 7.79. The Hall–Kier alpha value is -3.20. The summed E-state index contributed by atoms with van der Waals surface area (Å²) < 4.78 is 0. The second-order valence-electron chi connectivity index (χ2n) is 6.42. The molecule has 0 aliphatic rings. The van der Waals surface area contributed by atoms with Crippen LogP contribution in [0.5, 0.6) is 0 Å². The molecule has 3 heteroatoms. The van der Waals surface area contributed by atoms with Crippen LogP contribution in [0.1, 0.15) is 18.1 Å². The minimum Gasteiger partial charge on any atom is -0.481 e. The number of ketones is 1. The summed E-state index contributed by atoms with van der Waals surface area (Å²) in [6.45, 7) is 1.60. The van der Waals surface area contributed by atoms with Crippen molar-refractivity contribution in [3.63, 3.8) is 0 Å². The van der Waals surface area contributed by atoms with Crippen LogP contribution in [0.3, 0.4) is 0 Å². The van der Waals surface area contributed by atoms with E-state index in [0.717, 1.165) is 33.4 Å². The number of carbonyl (C=O) groups is 2. The van der Waals surface area contributed by atoms with Crippen LogP contribution in [0.25, 0.3) is 22.3 Å². The quantitative estimate of drug-likeness (QED) is 0.700. The number of benzene rings is 3. The monoisotopic (exact) mass is 344 g/mol. The van der Waals surface area contributed by atoms with E-state index in [9.17, 15) is 9.59 Å². The van der Waals surface area contributed by atoms with Crippen LogP contribution in [-0.2, 0) is 22.4 Å². The summed E-state index contributed by atoms with van der Waals surface area (Å²) in [6.07, 6.45) is 0.510. The van der Waals surface area contributed by atoms with Crippen molar-refractivity contribution in [3.8, 4) is 22.3 Å². The lowest BCUT2D eigenvalue weighted by molar-refractivity contribution is -0.136. The van der Waals surface area contributed by atoms with E-state index in [1.165, 1.54) is 0 Å². The van der Waals surface area contributed by atoms with E-state index in [-0.39, 0.29) is 12.2 Å². The Labute approximate surface area is 152 Å². The van der Waals surface area contributed by atoms with E-state index < -0.39 is 5.97 Å². The maximum atomic E-state index is 11.2. The number of rotatable bonds is 6. The van der Waals surface area contributed by atoms with Gasteiger partial charge in [-0.3, -0.25) is 9.59 Å². The molecule has 0 unspecified atom stereocenters. The average Bonchev–Trinajstić information content (AvgIpc) is 2.62. The van der Waals surface area contributed by atoms with Gasteiger partial charge in [-0.15, -0.1) is 0 Å². The van der Waals surface area contributed by atoms with E-state index in [4.69, 9.17) is 5.11 Å². The molecule has 0 saturated carbocycles. The Morgan fingerprint density at radius 3 is 1.23 bits per heavy atom. The lowest BCUT2D eigenvalue weighted by Gasteiger charge is -2.07. The Kier molecular flexibility index (Phi) is 5.28. The van der Waals surface area contributed by atoms with Crippen molar-refractivity contribution in [1.29, 1.82) is 0 Å². The first-order chi connectivity index (χ1) is 12.5. The summed E-state index contributed by atoms with van der Waals surface area (Å²) >= 11 is 0. The van der Waals surface area contributed by atoms with Crippen molar-refractivity contribution in [3.05, 3.63) is 83.9 Å². The molecule has 0 radical (unpaired) electrons. The predicted octanol–water partition coefficient (Wildman–Crippen LogP) is 4.78. The summed E-state index contributed by atoms with van der Waals surface area (Å²) in [6, 6.07) is 23.9. The van der Waals surface area contributed by atoms with Crippen LogP contribution in [0.4, 0.5) is 0 Å². The smallest absolute Gasteiger partial charge is 0.307 e. The molecular formula is C23H20O3. The zero-order valence-electron chi connectivity index (χ0n) is 14.6. The fourth-order valence-corrected chi connectivity index (χ4v) is 2.95. The molecule has 0 spiro atoms. The summed E-state index contributed by atoms with van der Waals surface area (Å²) in [5.74, 6) is -0.659. The van der Waals surface area contributed by atoms with Crippen LogP contribution in [0, 0.1) is 0 Å². The standard InChI is InChI=1S/C23H20O3/c1-16(24)14-17-2-6-19(7-3-17)21-10-12-22(13-11-21)20-8-4-18(5-9-20)15-23(25)26/h2-13H,14-15H2,1H3,(H,25,26). The van der Waals surface area contributed by atoms with Crippen molar-refractivity contribution in [2.75, 3.05) is 0 Å². The van der Waals surface area contributed by atoms with Crippen molar-refractivity contribution < 1.29 is 14.7 Å². The molecule has 0 bridgehead atoms. The van der Waals surface area contributed by atoms with Crippen LogP contribution >= 0.6 is 0 Å². The molecule has 1 N–H and O–H groups in total. The van der Waals surface area contributed by atoms with Gasteiger partial charge in [-0.25, -0.2) is 0 Å². The zero-order chi connectivity index (χ0) is 18.5. The fraction of sp³-hybridized carbons (Fsp3) is 0.130. The predicted molar refractivity (Wildman–Crippen MR) is 103 cm³/mol. The molecular weight excluding hydrogens is 324 g/mol. The molecule has 0 amide bonds. The third-order valence-corrected chi connectivity index (χ3v) is 4.27. The van der Waals surface area contributed by atoms with Gasteiger partial charge >= 0.3 is 5.97 Å². The van der Waals surface area contributed by atoms with E-state index >= 15 is 0 Å². The summed E-state index contributed by atoms with van der Waals surface area (Å²) in [5, 5.41) is 8.84. The average molecular weight is 344 g/mol. The van der Waals surface area contributed by atoms with Gasteiger partial charge in [0.25, 0.3) is 0 Å². The van der Waals surface area contributed by atoms with Gasteiger partial charge in [-0.1, -0.05) is 72.8 Å². The van der Waals surface area contributed by atoms with E-state index in [2.05, 4.69) is 24.3 Å². The van der Waals surface area contributed by atoms with Gasteiger partial charge in [-0.05, 0) is 40.3 Å². The van der Waals surface area contributed by atoms with Crippen LogP contribution < -0.4 is 0 Å². The van der Waals surface area contributed by atoms with Crippen LogP contribution in [-0.4, -0.2) is 16.9 Å². The zero-order valence-corrected chi connectivity index (χ0v) is 14.6. The Bertz CT molecular complexity index is 827. The first-order valence-corrected chi connectivity index (χ1v) is 8.51. The SMILES string of the molecule is CC(=O)Cc1ccc(-c2ccc(-c3ccc(CC(=O)O)cc3)cc2)cc1. The summed E-state index contributed by atoms with van der Waals surface area (Å²) in [7, 11) is 0. The third kappa shape index (κ3) is 4.45. The van der Waals surface area contributed by atoms with Gasteiger partial charge in [0.15, 0.2) is 0 Å². The molecule has 3 aromatic rings. The van der Waals surface area contributed by atoms with Gasteiger partial charge in [-0.2, -0.15) is 0 Å². The topological polar surface area (TPSA) is 54.4 Å². The highest BCUT2D eigenvalue weighted by Gasteiger charge is 2.04. The summed E-state index contributed by atoms with van der Waals surface area (Å²) in [4.78, 5) is 21.9. The number of hydrogen-bond acceptors (Lipinski definition) is 2. The molecule has 0 saturated heterocycles. The Morgan fingerprint density at radius 2 is 0.923 bits per heavy atom. The Morgan fingerprint density at radius 1 is 0.615 bits per heavy atom. The van der Waals surface area contributed by atoms with Gasteiger partial charge in [0.1, 0.15) is 5.78 Å². The highest BCUT2D eigenvalue weighted by Crippen LogP contribution is 2.25. The third-order valence-electron chi connectivity index (χ3n) is 4.27. The minimum atomic E-state index is -0.823. The molecule has 0 aliphatic carbocycles. The van der Waals surface area contributed by atoms with Crippen molar-refractivity contribution in [2.45, 2.75) is 19.8 Å². The number of aliphatic carboxylic acids is 1. The molecule has 26 heavy (non-hydrogen) atoms. The number of carboxylic acid groups (broad SMARTS) is 1. The lowest BCUT2D eigenvalue weighted by Crippen LogP contribution is -1.99. The minimum absolute atomic E-state index is 0.0405. The highest BCUT2D eigenvalue weighted by molar-refractivity contribution is 5.78. The molecule has 3 aromatic carbocycles. The first kappa shape index (κ1) is 17.6. The van der Waals surface area contributed by atoms with Crippen LogP contribution in [0.2, 0.25) is 0 Å². The van der Waals surface area contributed by atoms with Gasteiger partial charge in [0.05, 0.1) is 6.42 Å². The normalized spacial score (nSPS) is 10.5. The molecule has 0 aromatic heterocycles.